The zero-order chi connectivity index (χ0) is 13.1. The number of hydrogen-bond acceptors (Lipinski definition) is 2. The van der Waals surface area contributed by atoms with Crippen LogP contribution in [0.4, 0.5) is 13.2 Å². The van der Waals surface area contributed by atoms with Gasteiger partial charge in [0.15, 0.2) is 0 Å². The summed E-state index contributed by atoms with van der Waals surface area (Å²) >= 11 is 5.17. The Morgan fingerprint density at radius 2 is 1.65 bits per heavy atom. The van der Waals surface area contributed by atoms with E-state index in [0.717, 1.165) is 6.08 Å². The van der Waals surface area contributed by atoms with Crippen LogP contribution < -0.4 is 9.47 Å². The van der Waals surface area contributed by atoms with Crippen molar-refractivity contribution in [3.63, 3.8) is 0 Å². The highest BCUT2D eigenvalue weighted by molar-refractivity contribution is 6.32. The Morgan fingerprint density at radius 3 is 2.00 bits per heavy atom. The standard InChI is InChI=1S/C11H10ClF3O2/c1-16-8-4-3-5-9(17-2)7(8)6-10(12)11(13,14)15/h3-6H,1-2H3. The van der Waals surface area contributed by atoms with Gasteiger partial charge < -0.3 is 9.47 Å². The zero-order valence-corrected chi connectivity index (χ0v) is 9.89. The molecule has 0 aliphatic heterocycles. The predicted octanol–water partition coefficient (Wildman–Crippen LogP) is 3.85. The quantitative estimate of drug-likeness (QED) is 0.827. The lowest BCUT2D eigenvalue weighted by molar-refractivity contribution is -0.0836. The molecular weight excluding hydrogens is 257 g/mol. The van der Waals surface area contributed by atoms with E-state index in [1.807, 2.05) is 0 Å². The molecule has 0 bridgehead atoms. The molecule has 0 fully saturated rings. The Kier molecular flexibility index (Phi) is 4.28. The third-order valence-electron chi connectivity index (χ3n) is 2.01. The smallest absolute Gasteiger partial charge is 0.426 e. The zero-order valence-electron chi connectivity index (χ0n) is 9.14. The van der Waals surface area contributed by atoms with Gasteiger partial charge in [0.2, 0.25) is 0 Å². The predicted molar refractivity (Wildman–Crippen MR) is 59.4 cm³/mol. The topological polar surface area (TPSA) is 18.5 Å². The van der Waals surface area contributed by atoms with Crippen LogP contribution in [0.1, 0.15) is 5.56 Å². The number of allylic oxidation sites excluding steroid dienone is 1. The first-order valence-electron chi connectivity index (χ1n) is 4.55. The van der Waals surface area contributed by atoms with Gasteiger partial charge in [-0.25, -0.2) is 0 Å². The summed E-state index contributed by atoms with van der Waals surface area (Å²) < 4.78 is 46.9. The summed E-state index contributed by atoms with van der Waals surface area (Å²) in [5.41, 5.74) is 0.153. The summed E-state index contributed by atoms with van der Waals surface area (Å²) in [6, 6.07) is 4.65. The van der Waals surface area contributed by atoms with Crippen molar-refractivity contribution in [1.82, 2.24) is 0 Å². The van der Waals surface area contributed by atoms with E-state index in [1.54, 1.807) is 6.07 Å². The molecule has 0 spiro atoms. The molecule has 17 heavy (non-hydrogen) atoms. The molecule has 1 aromatic carbocycles. The monoisotopic (exact) mass is 266 g/mol. The van der Waals surface area contributed by atoms with Crippen molar-refractivity contribution in [2.24, 2.45) is 0 Å². The minimum atomic E-state index is -4.59. The SMILES string of the molecule is COc1cccc(OC)c1C=C(Cl)C(F)(F)F. The van der Waals surface area contributed by atoms with Crippen LogP contribution in [0.15, 0.2) is 23.2 Å². The minimum Gasteiger partial charge on any atom is -0.496 e. The van der Waals surface area contributed by atoms with E-state index in [1.165, 1.54) is 26.4 Å². The molecule has 94 valence electrons. The van der Waals surface area contributed by atoms with Crippen LogP contribution in [0.5, 0.6) is 11.5 Å². The third kappa shape index (κ3) is 3.30. The Morgan fingerprint density at radius 1 is 1.18 bits per heavy atom. The molecule has 0 aliphatic carbocycles. The normalized spacial score (nSPS) is 12.5. The van der Waals surface area contributed by atoms with Crippen molar-refractivity contribution < 1.29 is 22.6 Å². The fraction of sp³-hybridized carbons (Fsp3) is 0.273. The second-order valence-electron chi connectivity index (χ2n) is 3.07. The van der Waals surface area contributed by atoms with Gasteiger partial charge in [0.1, 0.15) is 16.5 Å². The molecule has 1 rings (SSSR count). The molecule has 0 aromatic heterocycles. The van der Waals surface area contributed by atoms with Gasteiger partial charge in [-0.15, -0.1) is 0 Å². The molecule has 0 saturated carbocycles. The number of halogens is 4. The lowest BCUT2D eigenvalue weighted by Gasteiger charge is -2.11. The molecule has 0 aliphatic rings. The lowest BCUT2D eigenvalue weighted by atomic mass is 10.1. The molecular formula is C11H10ClF3O2. The summed E-state index contributed by atoms with van der Waals surface area (Å²) in [7, 11) is 2.71. The molecule has 2 nitrogen and oxygen atoms in total. The maximum Gasteiger partial charge on any atom is 0.426 e. The maximum absolute atomic E-state index is 12.3. The molecule has 6 heteroatoms. The van der Waals surface area contributed by atoms with Crippen LogP contribution in [0.2, 0.25) is 0 Å². The van der Waals surface area contributed by atoms with Crippen LogP contribution in [0, 0.1) is 0 Å². The van der Waals surface area contributed by atoms with Crippen LogP contribution in [-0.2, 0) is 0 Å². The molecule has 0 radical (unpaired) electrons. The number of methoxy groups -OCH3 is 2. The van der Waals surface area contributed by atoms with Gasteiger partial charge in [-0.05, 0) is 18.2 Å². The summed E-state index contributed by atoms with van der Waals surface area (Å²) in [6.07, 6.45) is -3.81. The summed E-state index contributed by atoms with van der Waals surface area (Å²) in [5.74, 6) is 0.513. The van der Waals surface area contributed by atoms with Crippen molar-refractivity contribution in [3.05, 3.63) is 28.8 Å². The van der Waals surface area contributed by atoms with Crippen molar-refractivity contribution in [1.29, 1.82) is 0 Å². The Balaban J connectivity index is 3.29. The molecule has 0 N–H and O–H groups in total. The summed E-state index contributed by atoms with van der Waals surface area (Å²) in [4.78, 5) is 0. The first kappa shape index (κ1) is 13.7. The van der Waals surface area contributed by atoms with Crippen LogP contribution in [0.25, 0.3) is 6.08 Å². The second-order valence-corrected chi connectivity index (χ2v) is 3.47. The lowest BCUT2D eigenvalue weighted by Crippen LogP contribution is -2.07. The van der Waals surface area contributed by atoms with Gasteiger partial charge in [0.25, 0.3) is 0 Å². The van der Waals surface area contributed by atoms with Gasteiger partial charge in [-0.3, -0.25) is 0 Å². The highest BCUT2D eigenvalue weighted by atomic mass is 35.5. The van der Waals surface area contributed by atoms with Crippen molar-refractivity contribution in [2.45, 2.75) is 6.18 Å². The molecule has 1 aromatic rings. The average molecular weight is 267 g/mol. The van der Waals surface area contributed by atoms with E-state index in [4.69, 9.17) is 21.1 Å². The molecule has 0 unspecified atom stereocenters. The van der Waals surface area contributed by atoms with Gasteiger partial charge in [-0.1, -0.05) is 17.7 Å². The van der Waals surface area contributed by atoms with Crippen molar-refractivity contribution in [3.8, 4) is 11.5 Å². The third-order valence-corrected chi connectivity index (χ3v) is 2.33. The molecule has 0 amide bonds. The molecule has 0 saturated heterocycles. The van der Waals surface area contributed by atoms with Gasteiger partial charge >= 0.3 is 6.18 Å². The van der Waals surface area contributed by atoms with E-state index in [-0.39, 0.29) is 17.1 Å². The van der Waals surface area contributed by atoms with Gasteiger partial charge in [-0.2, -0.15) is 13.2 Å². The Bertz CT molecular complexity index is 405. The summed E-state index contributed by atoms with van der Waals surface area (Å²) in [6.45, 7) is 0. The number of rotatable bonds is 3. The largest absolute Gasteiger partial charge is 0.496 e. The van der Waals surface area contributed by atoms with E-state index in [9.17, 15) is 13.2 Å². The minimum absolute atomic E-state index is 0.153. The fourth-order valence-corrected chi connectivity index (χ4v) is 1.34. The Labute approximate surface area is 102 Å². The highest BCUT2D eigenvalue weighted by Gasteiger charge is 2.32. The second kappa shape index (κ2) is 5.31. The fourth-order valence-electron chi connectivity index (χ4n) is 1.23. The maximum atomic E-state index is 12.3. The van der Waals surface area contributed by atoms with Gasteiger partial charge in [0, 0.05) is 0 Å². The van der Waals surface area contributed by atoms with E-state index in [0.29, 0.717) is 0 Å². The van der Waals surface area contributed by atoms with Crippen molar-refractivity contribution in [2.75, 3.05) is 14.2 Å². The first-order chi connectivity index (χ1) is 7.90. The molecule has 0 heterocycles. The average Bonchev–Trinajstić information content (AvgIpc) is 2.28. The summed E-state index contributed by atoms with van der Waals surface area (Å²) in [5, 5.41) is -1.24. The van der Waals surface area contributed by atoms with E-state index in [2.05, 4.69) is 0 Å². The van der Waals surface area contributed by atoms with E-state index < -0.39 is 11.2 Å². The first-order valence-corrected chi connectivity index (χ1v) is 4.93. The van der Waals surface area contributed by atoms with Crippen LogP contribution in [-0.4, -0.2) is 20.4 Å². The van der Waals surface area contributed by atoms with Gasteiger partial charge in [0.05, 0.1) is 19.8 Å². The van der Waals surface area contributed by atoms with Crippen molar-refractivity contribution >= 4 is 17.7 Å². The van der Waals surface area contributed by atoms with Crippen LogP contribution in [0.3, 0.4) is 0 Å². The van der Waals surface area contributed by atoms with Crippen LogP contribution >= 0.6 is 11.6 Å². The molecule has 0 atom stereocenters. The number of benzene rings is 1. The number of alkyl halides is 3. The number of hydrogen-bond donors (Lipinski definition) is 0. The Hall–Kier alpha value is -1.36. The number of ether oxygens (including phenoxy) is 2. The highest BCUT2D eigenvalue weighted by Crippen LogP contribution is 2.36. The van der Waals surface area contributed by atoms with E-state index >= 15 is 0 Å².